The number of rotatable bonds is 4. The summed E-state index contributed by atoms with van der Waals surface area (Å²) in [5, 5.41) is 13.2. The van der Waals surface area contributed by atoms with Crippen molar-refractivity contribution < 1.29 is 0 Å². The SMILES string of the molecule is CN(C)c1nccc(NC2CCCN(c3cc(Cl)cc(C#N)c3)C2)n1. The van der Waals surface area contributed by atoms with Crippen LogP contribution in [-0.2, 0) is 0 Å². The van der Waals surface area contributed by atoms with Gasteiger partial charge in [-0.1, -0.05) is 11.6 Å². The lowest BCUT2D eigenvalue weighted by Crippen LogP contribution is -2.42. The minimum Gasteiger partial charge on any atom is -0.369 e. The first-order chi connectivity index (χ1) is 12.0. The summed E-state index contributed by atoms with van der Waals surface area (Å²) in [5.41, 5.74) is 1.58. The number of anilines is 3. The first-order valence-electron chi connectivity index (χ1n) is 8.27. The van der Waals surface area contributed by atoms with Crippen molar-refractivity contribution >= 4 is 29.1 Å². The van der Waals surface area contributed by atoms with Crippen molar-refractivity contribution in [2.45, 2.75) is 18.9 Å². The smallest absolute Gasteiger partial charge is 0.226 e. The zero-order valence-electron chi connectivity index (χ0n) is 14.4. The van der Waals surface area contributed by atoms with Crippen molar-refractivity contribution in [2.75, 3.05) is 42.3 Å². The Hall–Kier alpha value is -2.52. The van der Waals surface area contributed by atoms with Gasteiger partial charge in [-0.25, -0.2) is 4.98 Å². The summed E-state index contributed by atoms with van der Waals surface area (Å²) in [7, 11) is 3.85. The van der Waals surface area contributed by atoms with Crippen molar-refractivity contribution in [1.29, 1.82) is 5.26 Å². The quantitative estimate of drug-likeness (QED) is 0.907. The maximum absolute atomic E-state index is 9.14. The van der Waals surface area contributed by atoms with Gasteiger partial charge in [0.15, 0.2) is 0 Å². The third kappa shape index (κ3) is 4.31. The van der Waals surface area contributed by atoms with Gasteiger partial charge in [-0.05, 0) is 37.1 Å². The molecule has 25 heavy (non-hydrogen) atoms. The van der Waals surface area contributed by atoms with Gasteiger partial charge in [0.25, 0.3) is 0 Å². The lowest BCUT2D eigenvalue weighted by molar-refractivity contribution is 0.529. The first-order valence-corrected chi connectivity index (χ1v) is 8.65. The number of hydrogen-bond donors (Lipinski definition) is 1. The molecular formula is C18H21ClN6. The van der Waals surface area contributed by atoms with Crippen LogP contribution in [0.2, 0.25) is 5.02 Å². The number of piperidine rings is 1. The van der Waals surface area contributed by atoms with Crippen LogP contribution in [0.25, 0.3) is 0 Å². The third-order valence-corrected chi connectivity index (χ3v) is 4.41. The van der Waals surface area contributed by atoms with E-state index >= 15 is 0 Å². The molecule has 0 amide bonds. The topological polar surface area (TPSA) is 68.1 Å². The normalized spacial score (nSPS) is 17.0. The van der Waals surface area contributed by atoms with E-state index < -0.39 is 0 Å². The highest BCUT2D eigenvalue weighted by Crippen LogP contribution is 2.26. The molecule has 1 aliphatic heterocycles. The molecular weight excluding hydrogens is 336 g/mol. The van der Waals surface area contributed by atoms with E-state index in [0.29, 0.717) is 16.5 Å². The molecule has 130 valence electrons. The van der Waals surface area contributed by atoms with Crippen molar-refractivity contribution in [2.24, 2.45) is 0 Å². The fourth-order valence-electron chi connectivity index (χ4n) is 3.00. The van der Waals surface area contributed by atoms with Gasteiger partial charge in [0.2, 0.25) is 5.95 Å². The Balaban J connectivity index is 1.72. The Morgan fingerprint density at radius 2 is 2.20 bits per heavy atom. The van der Waals surface area contributed by atoms with Crippen molar-refractivity contribution in [3.8, 4) is 6.07 Å². The van der Waals surface area contributed by atoms with Crippen molar-refractivity contribution in [1.82, 2.24) is 9.97 Å². The van der Waals surface area contributed by atoms with Crippen LogP contribution in [-0.4, -0.2) is 43.2 Å². The number of nitriles is 1. The van der Waals surface area contributed by atoms with Gasteiger partial charge in [0.05, 0.1) is 11.6 Å². The zero-order valence-corrected chi connectivity index (χ0v) is 15.2. The lowest BCUT2D eigenvalue weighted by Gasteiger charge is -2.35. The molecule has 1 N–H and O–H groups in total. The Bertz CT molecular complexity index is 785. The fraction of sp³-hybridized carbons (Fsp3) is 0.389. The van der Waals surface area contributed by atoms with E-state index in [1.165, 1.54) is 0 Å². The van der Waals surface area contributed by atoms with Gasteiger partial charge in [-0.15, -0.1) is 0 Å². The van der Waals surface area contributed by atoms with E-state index in [0.717, 1.165) is 37.4 Å². The van der Waals surface area contributed by atoms with Crippen LogP contribution in [0.1, 0.15) is 18.4 Å². The number of benzene rings is 1. The molecule has 0 bridgehead atoms. The number of nitrogens with one attached hydrogen (secondary N) is 1. The summed E-state index contributed by atoms with van der Waals surface area (Å²) in [4.78, 5) is 12.9. The minimum absolute atomic E-state index is 0.281. The van der Waals surface area contributed by atoms with E-state index in [2.05, 4.69) is 26.3 Å². The molecule has 1 aromatic carbocycles. The molecule has 1 aliphatic rings. The molecule has 0 aliphatic carbocycles. The highest BCUT2D eigenvalue weighted by molar-refractivity contribution is 6.31. The predicted molar refractivity (Wildman–Crippen MR) is 101 cm³/mol. The van der Waals surface area contributed by atoms with E-state index in [4.69, 9.17) is 16.9 Å². The molecule has 3 rings (SSSR count). The third-order valence-electron chi connectivity index (χ3n) is 4.19. The van der Waals surface area contributed by atoms with Gasteiger partial charge in [0, 0.05) is 50.1 Å². The molecule has 0 spiro atoms. The monoisotopic (exact) mass is 356 g/mol. The summed E-state index contributed by atoms with van der Waals surface area (Å²) in [5.74, 6) is 1.51. The van der Waals surface area contributed by atoms with Gasteiger partial charge in [-0.2, -0.15) is 10.2 Å². The molecule has 1 aromatic heterocycles. The average molecular weight is 357 g/mol. The Morgan fingerprint density at radius 3 is 2.96 bits per heavy atom. The largest absolute Gasteiger partial charge is 0.369 e. The zero-order chi connectivity index (χ0) is 17.8. The van der Waals surface area contributed by atoms with Crippen molar-refractivity contribution in [3.05, 3.63) is 41.0 Å². The lowest BCUT2D eigenvalue weighted by atomic mass is 10.0. The highest BCUT2D eigenvalue weighted by atomic mass is 35.5. The van der Waals surface area contributed by atoms with Crippen LogP contribution in [0.4, 0.5) is 17.5 Å². The molecule has 1 fully saturated rings. The Labute approximate surface area is 153 Å². The molecule has 1 saturated heterocycles. The summed E-state index contributed by atoms with van der Waals surface area (Å²) >= 11 is 6.15. The highest BCUT2D eigenvalue weighted by Gasteiger charge is 2.21. The second kappa shape index (κ2) is 7.58. The molecule has 0 radical (unpaired) electrons. The molecule has 0 saturated carbocycles. The number of hydrogen-bond acceptors (Lipinski definition) is 6. The standard InChI is InChI=1S/C18H21ClN6/c1-24(2)18-21-6-5-17(23-18)22-15-4-3-7-25(12-15)16-9-13(11-20)8-14(19)10-16/h5-6,8-10,15H,3-4,7,12H2,1-2H3,(H,21,22,23). The van der Waals surface area contributed by atoms with Gasteiger partial charge in [0.1, 0.15) is 5.82 Å². The van der Waals surface area contributed by atoms with Crippen LogP contribution in [0.15, 0.2) is 30.5 Å². The van der Waals surface area contributed by atoms with Crippen LogP contribution >= 0.6 is 11.6 Å². The second-order valence-corrected chi connectivity index (χ2v) is 6.81. The summed E-state index contributed by atoms with van der Waals surface area (Å²) < 4.78 is 0. The average Bonchev–Trinajstić information content (AvgIpc) is 2.61. The maximum atomic E-state index is 9.14. The molecule has 6 nitrogen and oxygen atoms in total. The molecule has 7 heteroatoms. The van der Waals surface area contributed by atoms with E-state index in [-0.39, 0.29) is 6.04 Å². The van der Waals surface area contributed by atoms with Crippen LogP contribution < -0.4 is 15.1 Å². The first kappa shape index (κ1) is 17.3. The summed E-state index contributed by atoms with van der Waals surface area (Å²) in [6.45, 7) is 1.79. The van der Waals surface area contributed by atoms with Gasteiger partial charge < -0.3 is 15.1 Å². The summed E-state index contributed by atoms with van der Waals surface area (Å²) in [6, 6.07) is 9.83. The molecule has 2 aromatic rings. The predicted octanol–water partition coefficient (Wildman–Crippen LogP) is 3.15. The fourth-order valence-corrected chi connectivity index (χ4v) is 3.23. The van der Waals surface area contributed by atoms with E-state index in [1.54, 1.807) is 12.3 Å². The second-order valence-electron chi connectivity index (χ2n) is 6.38. The van der Waals surface area contributed by atoms with Crippen LogP contribution in [0, 0.1) is 11.3 Å². The van der Waals surface area contributed by atoms with Crippen molar-refractivity contribution in [3.63, 3.8) is 0 Å². The number of nitrogens with zero attached hydrogens (tertiary/aromatic N) is 5. The van der Waals surface area contributed by atoms with E-state index in [9.17, 15) is 0 Å². The van der Waals surface area contributed by atoms with Gasteiger partial charge >= 0.3 is 0 Å². The number of aromatic nitrogens is 2. The van der Waals surface area contributed by atoms with E-state index in [1.807, 2.05) is 37.2 Å². The Morgan fingerprint density at radius 1 is 1.36 bits per heavy atom. The Kier molecular flexibility index (Phi) is 5.25. The van der Waals surface area contributed by atoms with Gasteiger partial charge in [-0.3, -0.25) is 0 Å². The summed E-state index contributed by atoms with van der Waals surface area (Å²) in [6.07, 6.45) is 3.91. The minimum atomic E-state index is 0.281. The maximum Gasteiger partial charge on any atom is 0.226 e. The molecule has 2 heterocycles. The number of halogens is 1. The van der Waals surface area contributed by atoms with Crippen LogP contribution in [0.5, 0.6) is 0 Å². The van der Waals surface area contributed by atoms with Crippen LogP contribution in [0.3, 0.4) is 0 Å². The molecule has 1 unspecified atom stereocenters. The molecule has 1 atom stereocenters.